The molecular formula is C22H24N4O3S. The van der Waals surface area contributed by atoms with Crippen LogP contribution in [-0.2, 0) is 10.0 Å². The molecule has 30 heavy (non-hydrogen) atoms. The van der Waals surface area contributed by atoms with E-state index in [1.54, 1.807) is 24.3 Å². The highest BCUT2D eigenvalue weighted by atomic mass is 32.2. The quantitative estimate of drug-likeness (QED) is 0.645. The first kappa shape index (κ1) is 20.2. The van der Waals surface area contributed by atoms with Crippen LogP contribution in [0.3, 0.4) is 0 Å². The highest BCUT2D eigenvalue weighted by Crippen LogP contribution is 2.24. The van der Waals surface area contributed by atoms with Crippen molar-refractivity contribution in [2.75, 3.05) is 29.8 Å². The van der Waals surface area contributed by atoms with Crippen molar-refractivity contribution < 1.29 is 13.2 Å². The minimum Gasteiger partial charge on any atom is -0.497 e. The molecule has 3 aromatic rings. The van der Waals surface area contributed by atoms with Gasteiger partial charge in [-0.2, -0.15) is 0 Å². The Morgan fingerprint density at radius 2 is 1.70 bits per heavy atom. The zero-order valence-corrected chi connectivity index (χ0v) is 17.6. The van der Waals surface area contributed by atoms with Gasteiger partial charge in [-0.25, -0.2) is 8.42 Å². The Morgan fingerprint density at radius 1 is 0.933 bits per heavy atom. The van der Waals surface area contributed by atoms with Crippen molar-refractivity contribution in [1.82, 2.24) is 10.2 Å². The first-order chi connectivity index (χ1) is 14.5. The van der Waals surface area contributed by atoms with Gasteiger partial charge in [0.05, 0.1) is 17.7 Å². The van der Waals surface area contributed by atoms with E-state index < -0.39 is 10.0 Å². The molecule has 0 aliphatic carbocycles. The lowest BCUT2D eigenvalue weighted by molar-refractivity contribution is 0.413. The minimum atomic E-state index is -3.70. The van der Waals surface area contributed by atoms with Crippen LogP contribution in [0.5, 0.6) is 5.75 Å². The Hall–Kier alpha value is -3.13. The van der Waals surface area contributed by atoms with Crippen LogP contribution in [0.2, 0.25) is 0 Å². The molecule has 1 aromatic heterocycles. The van der Waals surface area contributed by atoms with Gasteiger partial charge in [0, 0.05) is 30.4 Å². The summed E-state index contributed by atoms with van der Waals surface area (Å²) in [5, 5.41) is 8.72. The Labute approximate surface area is 176 Å². The van der Waals surface area contributed by atoms with Crippen molar-refractivity contribution in [3.05, 3.63) is 60.7 Å². The summed E-state index contributed by atoms with van der Waals surface area (Å²) in [6.07, 6.45) is 3.66. The zero-order valence-electron chi connectivity index (χ0n) is 16.8. The summed E-state index contributed by atoms with van der Waals surface area (Å²) in [7, 11) is -2.21. The topological polar surface area (TPSA) is 84.4 Å². The predicted octanol–water partition coefficient (Wildman–Crippen LogP) is 3.94. The standard InChI is InChI=1S/C22H24N4O3S/c1-29-19-6-5-7-20(16-19)30(27,28)25-18-10-8-17(9-11-18)21-12-13-22(24-23-21)26-14-3-2-4-15-26/h5-13,16,25H,2-4,14-15H2,1H3. The Kier molecular flexibility index (Phi) is 5.85. The normalized spacial score (nSPS) is 14.4. The molecule has 0 bridgehead atoms. The van der Waals surface area contributed by atoms with E-state index in [2.05, 4.69) is 19.8 Å². The van der Waals surface area contributed by atoms with Crippen LogP contribution >= 0.6 is 0 Å². The zero-order chi connectivity index (χ0) is 21.0. The number of hydrogen-bond acceptors (Lipinski definition) is 6. The van der Waals surface area contributed by atoms with Gasteiger partial charge < -0.3 is 9.64 Å². The maximum absolute atomic E-state index is 12.6. The Balaban J connectivity index is 1.47. The molecule has 156 valence electrons. The molecule has 8 heteroatoms. The third-order valence-corrected chi connectivity index (χ3v) is 6.49. The molecule has 0 saturated carbocycles. The van der Waals surface area contributed by atoms with Crippen LogP contribution in [-0.4, -0.2) is 38.8 Å². The van der Waals surface area contributed by atoms with Crippen LogP contribution in [0, 0.1) is 0 Å². The van der Waals surface area contributed by atoms with E-state index in [1.807, 2.05) is 24.3 Å². The van der Waals surface area contributed by atoms with Crippen LogP contribution < -0.4 is 14.4 Å². The van der Waals surface area contributed by atoms with Gasteiger partial charge in [-0.05, 0) is 55.7 Å². The number of sulfonamides is 1. The number of anilines is 2. The second-order valence-electron chi connectivity index (χ2n) is 7.19. The van der Waals surface area contributed by atoms with Crippen LogP contribution in [0.15, 0.2) is 65.6 Å². The van der Waals surface area contributed by atoms with Gasteiger partial charge in [0.25, 0.3) is 10.0 Å². The van der Waals surface area contributed by atoms with Gasteiger partial charge in [0.1, 0.15) is 5.75 Å². The fraction of sp³-hybridized carbons (Fsp3) is 0.273. The number of ether oxygens (including phenoxy) is 1. The lowest BCUT2D eigenvalue weighted by Crippen LogP contribution is -2.30. The molecule has 1 fully saturated rings. The molecule has 1 saturated heterocycles. The maximum Gasteiger partial charge on any atom is 0.262 e. The maximum atomic E-state index is 12.6. The van der Waals surface area contributed by atoms with Crippen molar-refractivity contribution in [2.24, 2.45) is 0 Å². The molecular weight excluding hydrogens is 400 g/mol. The molecule has 0 radical (unpaired) electrons. The van der Waals surface area contributed by atoms with Crippen LogP contribution in [0.25, 0.3) is 11.3 Å². The highest BCUT2D eigenvalue weighted by molar-refractivity contribution is 7.92. The molecule has 1 N–H and O–H groups in total. The summed E-state index contributed by atoms with van der Waals surface area (Å²) in [5.41, 5.74) is 2.09. The lowest BCUT2D eigenvalue weighted by Gasteiger charge is -2.27. The molecule has 2 aromatic carbocycles. The summed E-state index contributed by atoms with van der Waals surface area (Å²) in [4.78, 5) is 2.40. The molecule has 1 aliphatic rings. The van der Waals surface area contributed by atoms with Crippen LogP contribution in [0.1, 0.15) is 19.3 Å². The fourth-order valence-corrected chi connectivity index (χ4v) is 4.56. The summed E-state index contributed by atoms with van der Waals surface area (Å²) in [6.45, 7) is 2.05. The molecule has 0 unspecified atom stereocenters. The number of benzene rings is 2. The summed E-state index contributed by atoms with van der Waals surface area (Å²) >= 11 is 0. The average Bonchev–Trinajstić information content (AvgIpc) is 2.80. The van der Waals surface area contributed by atoms with Gasteiger partial charge in [-0.15, -0.1) is 10.2 Å². The minimum absolute atomic E-state index is 0.144. The largest absolute Gasteiger partial charge is 0.497 e. The van der Waals surface area contributed by atoms with E-state index >= 15 is 0 Å². The van der Waals surface area contributed by atoms with Gasteiger partial charge >= 0.3 is 0 Å². The number of rotatable bonds is 6. The first-order valence-electron chi connectivity index (χ1n) is 9.91. The number of piperidine rings is 1. The van der Waals surface area contributed by atoms with Crippen molar-refractivity contribution in [3.63, 3.8) is 0 Å². The van der Waals surface area contributed by atoms with Crippen LogP contribution in [0.4, 0.5) is 11.5 Å². The van der Waals surface area contributed by atoms with Gasteiger partial charge in [-0.1, -0.05) is 18.2 Å². The molecule has 0 spiro atoms. The van der Waals surface area contributed by atoms with E-state index in [4.69, 9.17) is 4.74 Å². The number of hydrogen-bond donors (Lipinski definition) is 1. The lowest BCUT2D eigenvalue weighted by atomic mass is 10.1. The molecule has 0 atom stereocenters. The van der Waals surface area contributed by atoms with Crippen molar-refractivity contribution in [3.8, 4) is 17.0 Å². The van der Waals surface area contributed by atoms with E-state index in [1.165, 1.54) is 38.5 Å². The fourth-order valence-electron chi connectivity index (χ4n) is 3.46. The molecule has 0 amide bonds. The number of methoxy groups -OCH3 is 1. The van der Waals surface area contributed by atoms with Gasteiger partial charge in [-0.3, -0.25) is 4.72 Å². The summed E-state index contributed by atoms with van der Waals surface area (Å²) in [5.74, 6) is 1.39. The Morgan fingerprint density at radius 3 is 2.37 bits per heavy atom. The monoisotopic (exact) mass is 424 g/mol. The number of nitrogens with zero attached hydrogens (tertiary/aromatic N) is 3. The van der Waals surface area contributed by atoms with E-state index in [0.29, 0.717) is 11.4 Å². The van der Waals surface area contributed by atoms with Gasteiger partial charge in [0.15, 0.2) is 5.82 Å². The third kappa shape index (κ3) is 4.54. The first-order valence-corrected chi connectivity index (χ1v) is 11.4. The average molecular weight is 425 g/mol. The van der Waals surface area contributed by atoms with Crippen molar-refractivity contribution >= 4 is 21.5 Å². The third-order valence-electron chi connectivity index (χ3n) is 5.11. The highest BCUT2D eigenvalue weighted by Gasteiger charge is 2.16. The molecule has 2 heterocycles. The van der Waals surface area contributed by atoms with E-state index in [-0.39, 0.29) is 4.90 Å². The predicted molar refractivity (Wildman–Crippen MR) is 117 cm³/mol. The van der Waals surface area contributed by atoms with E-state index in [0.717, 1.165) is 30.2 Å². The SMILES string of the molecule is COc1cccc(S(=O)(=O)Nc2ccc(-c3ccc(N4CCCCC4)nn3)cc2)c1. The van der Waals surface area contributed by atoms with Crippen molar-refractivity contribution in [2.45, 2.75) is 24.2 Å². The molecule has 4 rings (SSSR count). The second-order valence-corrected chi connectivity index (χ2v) is 8.87. The number of aromatic nitrogens is 2. The van der Waals surface area contributed by atoms with E-state index in [9.17, 15) is 8.42 Å². The molecule has 7 nitrogen and oxygen atoms in total. The second kappa shape index (κ2) is 8.71. The smallest absolute Gasteiger partial charge is 0.262 e. The molecule has 1 aliphatic heterocycles. The van der Waals surface area contributed by atoms with Gasteiger partial charge in [0.2, 0.25) is 0 Å². The summed E-state index contributed by atoms with van der Waals surface area (Å²) < 4.78 is 32.9. The Bertz CT molecular complexity index is 1090. The van der Waals surface area contributed by atoms with Crippen molar-refractivity contribution in [1.29, 1.82) is 0 Å². The summed E-state index contributed by atoms with van der Waals surface area (Å²) in [6, 6.07) is 17.4. The number of nitrogens with one attached hydrogen (secondary N) is 1.